The van der Waals surface area contributed by atoms with Crippen LogP contribution in [0.1, 0.15) is 56.1 Å². The van der Waals surface area contributed by atoms with Gasteiger partial charge in [-0.25, -0.2) is 0 Å². The van der Waals surface area contributed by atoms with Crippen LogP contribution in [0.5, 0.6) is 0 Å². The summed E-state index contributed by atoms with van der Waals surface area (Å²) < 4.78 is 0. The SMILES string of the molecule is Cc1[nH]c2c(c1C(=O)NC1Cc3ccccc3C1)C(=O)CCC2. The van der Waals surface area contributed by atoms with E-state index in [0.29, 0.717) is 17.5 Å². The zero-order valence-corrected chi connectivity index (χ0v) is 13.2. The van der Waals surface area contributed by atoms with Crippen molar-refractivity contribution in [2.45, 2.75) is 45.1 Å². The highest BCUT2D eigenvalue weighted by Gasteiger charge is 2.30. The molecule has 4 nitrogen and oxygen atoms in total. The van der Waals surface area contributed by atoms with Crippen molar-refractivity contribution in [3.63, 3.8) is 0 Å². The van der Waals surface area contributed by atoms with Gasteiger partial charge in [0.25, 0.3) is 5.91 Å². The molecular formula is C19H20N2O2. The Balaban J connectivity index is 1.57. The molecule has 0 saturated carbocycles. The molecule has 0 atom stereocenters. The number of amides is 1. The Labute approximate surface area is 135 Å². The Hall–Kier alpha value is -2.36. The Morgan fingerprint density at radius 3 is 2.57 bits per heavy atom. The van der Waals surface area contributed by atoms with E-state index in [1.807, 2.05) is 19.1 Å². The summed E-state index contributed by atoms with van der Waals surface area (Å²) in [6.45, 7) is 1.88. The molecule has 23 heavy (non-hydrogen) atoms. The molecule has 0 bridgehead atoms. The molecular weight excluding hydrogens is 288 g/mol. The summed E-state index contributed by atoms with van der Waals surface area (Å²) in [7, 11) is 0. The maximum atomic E-state index is 12.8. The predicted octanol–water partition coefficient (Wildman–Crippen LogP) is 2.74. The maximum absolute atomic E-state index is 12.8. The van der Waals surface area contributed by atoms with Gasteiger partial charge in [-0.3, -0.25) is 9.59 Å². The summed E-state index contributed by atoms with van der Waals surface area (Å²) in [6.07, 6.45) is 3.98. The lowest BCUT2D eigenvalue weighted by molar-refractivity contribution is 0.0917. The van der Waals surface area contributed by atoms with Crippen LogP contribution >= 0.6 is 0 Å². The normalized spacial score (nSPS) is 17.0. The number of aryl methyl sites for hydroxylation is 2. The molecule has 2 aliphatic carbocycles. The van der Waals surface area contributed by atoms with E-state index in [0.717, 1.165) is 37.1 Å². The smallest absolute Gasteiger partial charge is 0.254 e. The molecule has 0 unspecified atom stereocenters. The summed E-state index contributed by atoms with van der Waals surface area (Å²) in [4.78, 5) is 28.2. The monoisotopic (exact) mass is 308 g/mol. The van der Waals surface area contributed by atoms with Crippen molar-refractivity contribution in [3.05, 3.63) is 57.9 Å². The number of H-pyrrole nitrogens is 1. The molecule has 1 heterocycles. The largest absolute Gasteiger partial charge is 0.361 e. The number of benzene rings is 1. The highest BCUT2D eigenvalue weighted by Crippen LogP contribution is 2.28. The molecule has 1 amide bonds. The standard InChI is InChI=1S/C19H20N2O2/c1-11-17(18-15(20-11)7-4-8-16(18)22)19(23)21-14-9-12-5-2-3-6-13(12)10-14/h2-3,5-6,14,20H,4,7-10H2,1H3,(H,21,23). The number of Topliss-reactive ketones (excluding diaryl/α,β-unsaturated/α-hetero) is 1. The van der Waals surface area contributed by atoms with Gasteiger partial charge in [-0.15, -0.1) is 0 Å². The molecule has 4 heteroatoms. The van der Waals surface area contributed by atoms with Crippen LogP contribution in [0, 0.1) is 6.92 Å². The van der Waals surface area contributed by atoms with E-state index in [9.17, 15) is 9.59 Å². The van der Waals surface area contributed by atoms with Crippen LogP contribution in [-0.4, -0.2) is 22.7 Å². The number of hydrogen-bond donors (Lipinski definition) is 2. The summed E-state index contributed by atoms with van der Waals surface area (Å²) in [6, 6.07) is 8.43. The first-order valence-electron chi connectivity index (χ1n) is 8.25. The van der Waals surface area contributed by atoms with E-state index in [1.165, 1.54) is 11.1 Å². The van der Waals surface area contributed by atoms with Crippen LogP contribution < -0.4 is 5.32 Å². The molecule has 1 aromatic heterocycles. The third kappa shape index (κ3) is 2.38. The zero-order chi connectivity index (χ0) is 16.0. The number of aromatic nitrogens is 1. The molecule has 0 spiro atoms. The number of rotatable bonds is 2. The predicted molar refractivity (Wildman–Crippen MR) is 87.9 cm³/mol. The van der Waals surface area contributed by atoms with Gasteiger partial charge < -0.3 is 10.3 Å². The van der Waals surface area contributed by atoms with Gasteiger partial charge in [0.15, 0.2) is 5.78 Å². The van der Waals surface area contributed by atoms with Crippen molar-refractivity contribution in [1.82, 2.24) is 10.3 Å². The highest BCUT2D eigenvalue weighted by atomic mass is 16.2. The molecule has 2 aromatic rings. The fraction of sp³-hybridized carbons (Fsp3) is 0.368. The third-order valence-electron chi connectivity index (χ3n) is 4.99. The van der Waals surface area contributed by atoms with Gasteiger partial charge >= 0.3 is 0 Å². The van der Waals surface area contributed by atoms with E-state index >= 15 is 0 Å². The molecule has 2 aliphatic rings. The quantitative estimate of drug-likeness (QED) is 0.896. The van der Waals surface area contributed by atoms with Crippen LogP contribution in [-0.2, 0) is 19.3 Å². The number of carbonyl (C=O) groups excluding carboxylic acids is 2. The fourth-order valence-corrected chi connectivity index (χ4v) is 3.94. The minimum absolute atomic E-state index is 0.0930. The molecule has 0 saturated heterocycles. The molecule has 0 aliphatic heterocycles. The van der Waals surface area contributed by atoms with Crippen molar-refractivity contribution < 1.29 is 9.59 Å². The molecule has 0 radical (unpaired) electrons. The second-order valence-electron chi connectivity index (χ2n) is 6.60. The van der Waals surface area contributed by atoms with Gasteiger partial charge in [-0.2, -0.15) is 0 Å². The average molecular weight is 308 g/mol. The first-order valence-corrected chi connectivity index (χ1v) is 8.25. The minimum Gasteiger partial charge on any atom is -0.361 e. The van der Waals surface area contributed by atoms with Gasteiger partial charge in [0.1, 0.15) is 0 Å². The Bertz CT molecular complexity index is 779. The lowest BCUT2D eigenvalue weighted by Gasteiger charge is -2.15. The average Bonchev–Trinajstić information content (AvgIpc) is 3.07. The van der Waals surface area contributed by atoms with E-state index in [1.54, 1.807) is 0 Å². The van der Waals surface area contributed by atoms with Crippen LogP contribution in [0.15, 0.2) is 24.3 Å². The lowest BCUT2D eigenvalue weighted by Crippen LogP contribution is -2.36. The minimum atomic E-state index is -0.118. The summed E-state index contributed by atoms with van der Waals surface area (Å²) in [5.41, 5.74) is 5.53. The van der Waals surface area contributed by atoms with Gasteiger partial charge in [0.2, 0.25) is 0 Å². The van der Waals surface area contributed by atoms with E-state index in [-0.39, 0.29) is 17.7 Å². The van der Waals surface area contributed by atoms with Crippen molar-refractivity contribution in [1.29, 1.82) is 0 Å². The molecule has 2 N–H and O–H groups in total. The third-order valence-corrected chi connectivity index (χ3v) is 4.99. The second kappa shape index (κ2) is 5.37. The summed E-state index contributed by atoms with van der Waals surface area (Å²) >= 11 is 0. The number of nitrogens with one attached hydrogen (secondary N) is 2. The van der Waals surface area contributed by atoms with Crippen molar-refractivity contribution in [2.24, 2.45) is 0 Å². The zero-order valence-electron chi connectivity index (χ0n) is 13.2. The number of aromatic amines is 1. The van der Waals surface area contributed by atoms with Gasteiger partial charge in [-0.1, -0.05) is 24.3 Å². The number of carbonyl (C=O) groups is 2. The molecule has 0 fully saturated rings. The van der Waals surface area contributed by atoms with Crippen LogP contribution in [0.3, 0.4) is 0 Å². The van der Waals surface area contributed by atoms with Crippen LogP contribution in [0.4, 0.5) is 0 Å². The van der Waals surface area contributed by atoms with Gasteiger partial charge in [-0.05, 0) is 43.7 Å². The van der Waals surface area contributed by atoms with Gasteiger partial charge in [0.05, 0.1) is 11.1 Å². The van der Waals surface area contributed by atoms with Gasteiger partial charge in [0, 0.05) is 23.9 Å². The first-order chi connectivity index (χ1) is 11.1. The van der Waals surface area contributed by atoms with Crippen molar-refractivity contribution in [2.75, 3.05) is 0 Å². The summed E-state index contributed by atoms with van der Waals surface area (Å²) in [5, 5.41) is 3.13. The Kier molecular flexibility index (Phi) is 3.33. The first kappa shape index (κ1) is 14.2. The van der Waals surface area contributed by atoms with E-state index < -0.39 is 0 Å². The van der Waals surface area contributed by atoms with Crippen LogP contribution in [0.25, 0.3) is 0 Å². The Morgan fingerprint density at radius 2 is 1.87 bits per heavy atom. The van der Waals surface area contributed by atoms with E-state index in [4.69, 9.17) is 0 Å². The fourth-order valence-electron chi connectivity index (χ4n) is 3.94. The molecule has 118 valence electrons. The molecule has 1 aromatic carbocycles. The van der Waals surface area contributed by atoms with E-state index in [2.05, 4.69) is 22.4 Å². The summed E-state index contributed by atoms with van der Waals surface area (Å²) in [5.74, 6) is -0.0245. The molecule has 4 rings (SSSR count). The number of ketones is 1. The Morgan fingerprint density at radius 1 is 1.17 bits per heavy atom. The number of fused-ring (bicyclic) bond motifs is 2. The highest BCUT2D eigenvalue weighted by molar-refractivity contribution is 6.10. The maximum Gasteiger partial charge on any atom is 0.254 e. The van der Waals surface area contributed by atoms with Crippen LogP contribution in [0.2, 0.25) is 0 Å². The number of hydrogen-bond acceptors (Lipinski definition) is 2. The second-order valence-corrected chi connectivity index (χ2v) is 6.60. The van der Waals surface area contributed by atoms with Crippen molar-refractivity contribution in [3.8, 4) is 0 Å². The van der Waals surface area contributed by atoms with Crippen molar-refractivity contribution >= 4 is 11.7 Å². The topological polar surface area (TPSA) is 62.0 Å². The lowest BCUT2D eigenvalue weighted by atomic mass is 9.93.